The first-order chi connectivity index (χ1) is 6.91. The van der Waals surface area contributed by atoms with Crippen molar-refractivity contribution in [2.24, 2.45) is 7.05 Å². The molecule has 0 aliphatic carbocycles. The van der Waals surface area contributed by atoms with E-state index in [9.17, 15) is 13.2 Å². The molecule has 0 amide bonds. The Kier molecular flexibility index (Phi) is 1.82. The molecule has 2 rings (SSSR count). The van der Waals surface area contributed by atoms with E-state index in [0.717, 1.165) is 10.9 Å². The largest absolute Gasteiger partial charge is 0.449 e. The number of nitrogen functional groups attached to an aromatic ring is 1. The molecule has 2 N–H and O–H groups in total. The number of nitrogens with zero attached hydrogens (tertiary/aromatic N) is 4. The zero-order valence-electron chi connectivity index (χ0n) is 7.58. The first-order valence-electron chi connectivity index (χ1n) is 3.91. The molecule has 2 aromatic heterocycles. The molecular weight excluding hydrogens is 211 g/mol. The summed E-state index contributed by atoms with van der Waals surface area (Å²) in [5.41, 5.74) is 5.42. The van der Waals surface area contributed by atoms with Crippen molar-refractivity contribution in [1.82, 2.24) is 19.5 Å². The minimum absolute atomic E-state index is 0.0349. The Morgan fingerprint density at radius 3 is 2.53 bits per heavy atom. The van der Waals surface area contributed by atoms with Gasteiger partial charge >= 0.3 is 6.18 Å². The Balaban J connectivity index is 2.81. The zero-order valence-corrected chi connectivity index (χ0v) is 7.58. The molecular formula is C7H6F3N5. The molecule has 80 valence electrons. The molecule has 0 saturated heterocycles. The van der Waals surface area contributed by atoms with E-state index in [1.165, 1.54) is 7.05 Å². The molecule has 2 aromatic rings. The van der Waals surface area contributed by atoms with Gasteiger partial charge in [-0.05, 0) is 0 Å². The third-order valence-electron chi connectivity index (χ3n) is 1.94. The van der Waals surface area contributed by atoms with Crippen molar-refractivity contribution in [3.8, 4) is 0 Å². The summed E-state index contributed by atoms with van der Waals surface area (Å²) in [6, 6.07) is 0. The summed E-state index contributed by atoms with van der Waals surface area (Å²) in [4.78, 5) is 10.6. The van der Waals surface area contributed by atoms with Gasteiger partial charge in [0, 0.05) is 7.05 Å². The second kappa shape index (κ2) is 2.81. The van der Waals surface area contributed by atoms with E-state index < -0.39 is 12.0 Å². The lowest BCUT2D eigenvalue weighted by molar-refractivity contribution is -0.146. The number of fused-ring (bicyclic) bond motifs is 1. The van der Waals surface area contributed by atoms with Crippen LogP contribution in [0.1, 0.15) is 5.82 Å². The lowest BCUT2D eigenvalue weighted by Crippen LogP contribution is -2.12. The molecule has 0 fully saturated rings. The van der Waals surface area contributed by atoms with Gasteiger partial charge in [0.2, 0.25) is 5.82 Å². The number of hydrogen-bond donors (Lipinski definition) is 1. The molecule has 2 heterocycles. The predicted molar refractivity (Wildman–Crippen MR) is 45.7 cm³/mol. The quantitative estimate of drug-likeness (QED) is 0.713. The highest BCUT2D eigenvalue weighted by atomic mass is 19.4. The van der Waals surface area contributed by atoms with Gasteiger partial charge in [-0.25, -0.2) is 15.0 Å². The highest BCUT2D eigenvalue weighted by molar-refractivity contribution is 5.81. The maximum absolute atomic E-state index is 12.4. The molecule has 0 aliphatic heterocycles. The minimum Gasteiger partial charge on any atom is -0.382 e. The van der Waals surface area contributed by atoms with Gasteiger partial charge < -0.3 is 10.3 Å². The third kappa shape index (κ3) is 1.37. The molecule has 0 spiro atoms. The SMILES string of the molecule is Cn1c(C(F)(F)F)nc2c(N)ncnc21. The molecule has 0 bridgehead atoms. The fraction of sp³-hybridized carbons (Fsp3) is 0.286. The Labute approximate surface area is 81.8 Å². The number of anilines is 1. The van der Waals surface area contributed by atoms with Gasteiger partial charge in [0.15, 0.2) is 17.0 Å². The van der Waals surface area contributed by atoms with Crippen LogP contribution in [-0.4, -0.2) is 19.5 Å². The molecule has 0 atom stereocenters. The van der Waals surface area contributed by atoms with E-state index >= 15 is 0 Å². The summed E-state index contributed by atoms with van der Waals surface area (Å²) in [7, 11) is 1.23. The van der Waals surface area contributed by atoms with Crippen molar-refractivity contribution in [3.63, 3.8) is 0 Å². The summed E-state index contributed by atoms with van der Waals surface area (Å²) in [6.45, 7) is 0. The van der Waals surface area contributed by atoms with Crippen molar-refractivity contribution in [1.29, 1.82) is 0 Å². The van der Waals surface area contributed by atoms with E-state index in [-0.39, 0.29) is 17.0 Å². The fourth-order valence-corrected chi connectivity index (χ4v) is 1.27. The van der Waals surface area contributed by atoms with Crippen molar-refractivity contribution < 1.29 is 13.2 Å². The van der Waals surface area contributed by atoms with Crippen LogP contribution in [-0.2, 0) is 13.2 Å². The van der Waals surface area contributed by atoms with Gasteiger partial charge in [0.25, 0.3) is 0 Å². The van der Waals surface area contributed by atoms with E-state index in [4.69, 9.17) is 5.73 Å². The summed E-state index contributed by atoms with van der Waals surface area (Å²) in [6.07, 6.45) is -3.43. The van der Waals surface area contributed by atoms with Gasteiger partial charge in [-0.1, -0.05) is 0 Å². The van der Waals surface area contributed by atoms with Gasteiger partial charge in [0.05, 0.1) is 0 Å². The van der Waals surface area contributed by atoms with Crippen LogP contribution in [0.15, 0.2) is 6.33 Å². The number of hydrogen-bond acceptors (Lipinski definition) is 4. The monoisotopic (exact) mass is 217 g/mol. The van der Waals surface area contributed by atoms with Gasteiger partial charge in [-0.2, -0.15) is 13.2 Å². The van der Waals surface area contributed by atoms with Crippen LogP contribution in [0.3, 0.4) is 0 Å². The van der Waals surface area contributed by atoms with Crippen molar-refractivity contribution in [2.75, 3.05) is 5.73 Å². The molecule has 0 aliphatic rings. The molecule has 5 nitrogen and oxygen atoms in total. The van der Waals surface area contributed by atoms with E-state index in [1.54, 1.807) is 0 Å². The van der Waals surface area contributed by atoms with Crippen LogP contribution in [0, 0.1) is 0 Å². The standard InChI is InChI=1S/C7H6F3N5/c1-15-5-3(4(11)12-2-13-5)14-6(15)7(8,9)10/h2H,1H3,(H2,11,12,13). The number of halogens is 3. The second-order valence-electron chi connectivity index (χ2n) is 2.92. The average molecular weight is 217 g/mol. The highest BCUT2D eigenvalue weighted by Gasteiger charge is 2.37. The summed E-state index contributed by atoms with van der Waals surface area (Å²) >= 11 is 0. The van der Waals surface area contributed by atoms with Crippen LogP contribution >= 0.6 is 0 Å². The smallest absolute Gasteiger partial charge is 0.382 e. The summed E-state index contributed by atoms with van der Waals surface area (Å²) in [5, 5.41) is 0. The van der Waals surface area contributed by atoms with Gasteiger partial charge in [-0.15, -0.1) is 0 Å². The third-order valence-corrected chi connectivity index (χ3v) is 1.94. The first-order valence-corrected chi connectivity index (χ1v) is 3.91. The van der Waals surface area contributed by atoms with Crippen molar-refractivity contribution in [3.05, 3.63) is 12.2 Å². The average Bonchev–Trinajstić information content (AvgIpc) is 2.45. The zero-order chi connectivity index (χ0) is 11.2. The minimum atomic E-state index is -4.53. The van der Waals surface area contributed by atoms with Crippen LogP contribution in [0.25, 0.3) is 11.2 Å². The Morgan fingerprint density at radius 2 is 2.00 bits per heavy atom. The van der Waals surface area contributed by atoms with Crippen molar-refractivity contribution in [2.45, 2.75) is 6.18 Å². The second-order valence-corrected chi connectivity index (χ2v) is 2.92. The van der Waals surface area contributed by atoms with E-state index in [1.807, 2.05) is 0 Å². The number of aromatic nitrogens is 4. The van der Waals surface area contributed by atoms with Crippen LogP contribution in [0.5, 0.6) is 0 Å². The maximum atomic E-state index is 12.4. The molecule has 8 heteroatoms. The number of alkyl halides is 3. The maximum Gasteiger partial charge on any atom is 0.449 e. The lowest BCUT2D eigenvalue weighted by atomic mass is 10.5. The van der Waals surface area contributed by atoms with Crippen LogP contribution in [0.2, 0.25) is 0 Å². The first kappa shape index (κ1) is 9.69. The number of nitrogens with two attached hydrogens (primary N) is 1. The van der Waals surface area contributed by atoms with Crippen LogP contribution < -0.4 is 5.73 Å². The van der Waals surface area contributed by atoms with E-state index in [2.05, 4.69) is 15.0 Å². The Bertz CT molecular complexity index is 515. The highest BCUT2D eigenvalue weighted by Crippen LogP contribution is 2.30. The molecule has 0 aromatic carbocycles. The fourth-order valence-electron chi connectivity index (χ4n) is 1.27. The number of imidazole rings is 1. The molecule has 0 radical (unpaired) electrons. The Hall–Kier alpha value is -1.86. The summed E-state index contributed by atoms with van der Waals surface area (Å²) < 4.78 is 38.2. The lowest BCUT2D eigenvalue weighted by Gasteiger charge is -2.04. The van der Waals surface area contributed by atoms with Gasteiger partial charge in [0.1, 0.15) is 6.33 Å². The predicted octanol–water partition coefficient (Wildman–Crippen LogP) is 0.964. The van der Waals surface area contributed by atoms with Crippen LogP contribution in [0.4, 0.5) is 19.0 Å². The molecule has 0 saturated carbocycles. The normalized spacial score (nSPS) is 12.3. The topological polar surface area (TPSA) is 69.6 Å². The number of aryl methyl sites for hydroxylation is 1. The number of rotatable bonds is 0. The summed E-state index contributed by atoms with van der Waals surface area (Å²) in [5.74, 6) is -1.10. The Morgan fingerprint density at radius 1 is 1.33 bits per heavy atom. The van der Waals surface area contributed by atoms with Crippen molar-refractivity contribution >= 4 is 17.0 Å². The molecule has 0 unspecified atom stereocenters. The van der Waals surface area contributed by atoms with E-state index in [0.29, 0.717) is 0 Å². The van der Waals surface area contributed by atoms with Gasteiger partial charge in [-0.3, -0.25) is 0 Å². The molecule has 15 heavy (non-hydrogen) atoms.